The first-order valence-electron chi connectivity index (χ1n) is 6.02. The van der Waals surface area contributed by atoms with Crippen molar-refractivity contribution in [1.82, 2.24) is 10.3 Å². The lowest BCUT2D eigenvalue weighted by atomic mass is 10.2. The summed E-state index contributed by atoms with van der Waals surface area (Å²) in [6.07, 6.45) is 1.62. The Bertz CT molecular complexity index is 661. The fraction of sp³-hybridized carbons (Fsp3) is 0.143. The summed E-state index contributed by atoms with van der Waals surface area (Å²) in [4.78, 5) is 16.1. The molecule has 20 heavy (non-hydrogen) atoms. The quantitative estimate of drug-likeness (QED) is 0.876. The Kier molecular flexibility index (Phi) is 3.56. The van der Waals surface area contributed by atoms with Crippen molar-refractivity contribution in [3.8, 4) is 11.5 Å². The molecule has 2 aromatic rings. The highest BCUT2D eigenvalue weighted by Gasteiger charge is 2.18. The van der Waals surface area contributed by atoms with Gasteiger partial charge in [0.25, 0.3) is 5.91 Å². The number of pyridine rings is 1. The molecule has 0 radical (unpaired) electrons. The molecule has 6 heteroatoms. The number of benzene rings is 1. The molecule has 1 aromatic heterocycles. The van der Waals surface area contributed by atoms with E-state index in [2.05, 4.69) is 26.2 Å². The zero-order valence-corrected chi connectivity index (χ0v) is 12.0. The van der Waals surface area contributed by atoms with Gasteiger partial charge in [-0.05, 0) is 34.1 Å². The molecular weight excluding hydrogens is 324 g/mol. The van der Waals surface area contributed by atoms with Gasteiger partial charge in [-0.3, -0.25) is 4.79 Å². The highest BCUT2D eigenvalue weighted by molar-refractivity contribution is 9.10. The molecule has 1 aromatic carbocycles. The van der Waals surface area contributed by atoms with E-state index in [1.807, 2.05) is 18.2 Å². The van der Waals surface area contributed by atoms with E-state index >= 15 is 0 Å². The second kappa shape index (κ2) is 5.50. The molecule has 0 bridgehead atoms. The molecule has 1 aliphatic rings. The number of ether oxygens (including phenoxy) is 2. The molecule has 0 aliphatic carbocycles. The van der Waals surface area contributed by atoms with Crippen molar-refractivity contribution in [3.63, 3.8) is 0 Å². The molecule has 0 spiro atoms. The van der Waals surface area contributed by atoms with Crippen LogP contribution in [0, 0.1) is 0 Å². The summed E-state index contributed by atoms with van der Waals surface area (Å²) in [6.45, 7) is 0.584. The lowest BCUT2D eigenvalue weighted by Gasteiger charge is -2.08. The standard InChI is InChI=1S/C14H11BrN2O3/c15-13-10(4-2-6-16-13)14(18)17-7-9-3-1-5-11-12(9)20-8-19-11/h1-6H,7-8H2,(H,17,18). The van der Waals surface area contributed by atoms with Gasteiger partial charge in [-0.15, -0.1) is 0 Å². The van der Waals surface area contributed by atoms with Crippen molar-refractivity contribution in [3.05, 3.63) is 52.3 Å². The molecular formula is C14H11BrN2O3. The van der Waals surface area contributed by atoms with Crippen LogP contribution in [0.1, 0.15) is 15.9 Å². The summed E-state index contributed by atoms with van der Waals surface area (Å²) in [7, 11) is 0. The molecule has 5 nitrogen and oxygen atoms in total. The van der Waals surface area contributed by atoms with E-state index in [0.717, 1.165) is 5.56 Å². The van der Waals surface area contributed by atoms with Gasteiger partial charge in [-0.2, -0.15) is 0 Å². The number of nitrogens with zero attached hydrogens (tertiary/aromatic N) is 1. The van der Waals surface area contributed by atoms with Crippen LogP contribution in [0.2, 0.25) is 0 Å². The third-order valence-electron chi connectivity index (χ3n) is 2.92. The van der Waals surface area contributed by atoms with Crippen LogP contribution in [-0.2, 0) is 6.54 Å². The van der Waals surface area contributed by atoms with Crippen LogP contribution < -0.4 is 14.8 Å². The molecule has 0 unspecified atom stereocenters. The molecule has 102 valence electrons. The summed E-state index contributed by atoms with van der Waals surface area (Å²) in [5.41, 5.74) is 1.38. The highest BCUT2D eigenvalue weighted by Crippen LogP contribution is 2.35. The van der Waals surface area contributed by atoms with Crippen LogP contribution >= 0.6 is 15.9 Å². The molecule has 0 saturated carbocycles. The van der Waals surface area contributed by atoms with Gasteiger partial charge in [0.05, 0.1) is 5.56 Å². The van der Waals surface area contributed by atoms with E-state index < -0.39 is 0 Å². The van der Waals surface area contributed by atoms with Gasteiger partial charge in [0, 0.05) is 18.3 Å². The Morgan fingerprint density at radius 2 is 2.20 bits per heavy atom. The van der Waals surface area contributed by atoms with E-state index in [0.29, 0.717) is 28.2 Å². The number of fused-ring (bicyclic) bond motifs is 1. The van der Waals surface area contributed by atoms with Crippen LogP contribution in [-0.4, -0.2) is 17.7 Å². The maximum Gasteiger partial charge on any atom is 0.254 e. The number of amides is 1. The highest BCUT2D eigenvalue weighted by atomic mass is 79.9. The second-order valence-corrected chi connectivity index (χ2v) is 4.93. The third kappa shape index (κ3) is 2.46. The van der Waals surface area contributed by atoms with Crippen LogP contribution in [0.3, 0.4) is 0 Å². The Hall–Kier alpha value is -2.08. The van der Waals surface area contributed by atoms with E-state index in [9.17, 15) is 4.79 Å². The predicted octanol–water partition coefficient (Wildman–Crippen LogP) is 2.50. The van der Waals surface area contributed by atoms with E-state index in [1.54, 1.807) is 18.3 Å². The van der Waals surface area contributed by atoms with Crippen molar-refractivity contribution in [1.29, 1.82) is 0 Å². The molecule has 0 atom stereocenters. The minimum absolute atomic E-state index is 0.193. The number of nitrogens with one attached hydrogen (secondary N) is 1. The SMILES string of the molecule is O=C(NCc1cccc2c1OCO2)c1cccnc1Br. The number of aromatic nitrogens is 1. The van der Waals surface area contributed by atoms with Gasteiger partial charge in [0.2, 0.25) is 6.79 Å². The lowest BCUT2D eigenvalue weighted by Crippen LogP contribution is -2.23. The summed E-state index contributed by atoms with van der Waals surface area (Å²) in [6, 6.07) is 9.03. The summed E-state index contributed by atoms with van der Waals surface area (Å²) < 4.78 is 11.2. The van der Waals surface area contributed by atoms with Crippen molar-refractivity contribution in [2.45, 2.75) is 6.54 Å². The number of hydrogen-bond acceptors (Lipinski definition) is 4. The van der Waals surface area contributed by atoms with Crippen molar-refractivity contribution < 1.29 is 14.3 Å². The first-order chi connectivity index (χ1) is 9.75. The minimum atomic E-state index is -0.193. The number of rotatable bonds is 3. The van der Waals surface area contributed by atoms with Crippen LogP contribution in [0.5, 0.6) is 11.5 Å². The maximum absolute atomic E-state index is 12.1. The monoisotopic (exact) mass is 334 g/mol. The molecule has 1 amide bonds. The predicted molar refractivity (Wildman–Crippen MR) is 75.7 cm³/mol. The number of carbonyl (C=O) groups is 1. The smallest absolute Gasteiger partial charge is 0.254 e. The minimum Gasteiger partial charge on any atom is -0.454 e. The Morgan fingerprint density at radius 1 is 1.30 bits per heavy atom. The van der Waals surface area contributed by atoms with Crippen molar-refractivity contribution >= 4 is 21.8 Å². The average molecular weight is 335 g/mol. The van der Waals surface area contributed by atoms with E-state index in [1.165, 1.54) is 0 Å². The Labute approximate surface area is 124 Å². The molecule has 1 aliphatic heterocycles. The molecule has 2 heterocycles. The van der Waals surface area contributed by atoms with Crippen LogP contribution in [0.4, 0.5) is 0 Å². The zero-order chi connectivity index (χ0) is 13.9. The molecule has 3 rings (SSSR count). The largest absolute Gasteiger partial charge is 0.454 e. The molecule has 1 N–H and O–H groups in total. The number of hydrogen-bond donors (Lipinski definition) is 1. The first kappa shape index (κ1) is 12.9. The normalized spacial score (nSPS) is 12.2. The zero-order valence-electron chi connectivity index (χ0n) is 10.4. The van der Waals surface area contributed by atoms with Gasteiger partial charge < -0.3 is 14.8 Å². The molecule has 0 saturated heterocycles. The topological polar surface area (TPSA) is 60.5 Å². The number of carbonyl (C=O) groups excluding carboxylic acids is 1. The fourth-order valence-corrected chi connectivity index (χ4v) is 2.39. The maximum atomic E-state index is 12.1. The lowest BCUT2D eigenvalue weighted by molar-refractivity contribution is 0.0949. The second-order valence-electron chi connectivity index (χ2n) is 4.18. The van der Waals surface area contributed by atoms with Gasteiger partial charge in [0.15, 0.2) is 11.5 Å². The van der Waals surface area contributed by atoms with Gasteiger partial charge in [-0.1, -0.05) is 12.1 Å². The summed E-state index contributed by atoms with van der Waals surface area (Å²) in [5, 5.41) is 2.84. The van der Waals surface area contributed by atoms with Gasteiger partial charge in [0.1, 0.15) is 4.60 Å². The van der Waals surface area contributed by atoms with Gasteiger partial charge >= 0.3 is 0 Å². The average Bonchev–Trinajstić information content (AvgIpc) is 2.94. The summed E-state index contributed by atoms with van der Waals surface area (Å²) in [5.74, 6) is 1.21. The number of halogens is 1. The van der Waals surface area contributed by atoms with Crippen LogP contribution in [0.15, 0.2) is 41.1 Å². The van der Waals surface area contributed by atoms with Crippen molar-refractivity contribution in [2.75, 3.05) is 6.79 Å². The molecule has 0 fully saturated rings. The number of para-hydroxylation sites is 1. The Balaban J connectivity index is 1.73. The third-order valence-corrected chi connectivity index (χ3v) is 3.55. The van der Waals surface area contributed by atoms with E-state index in [4.69, 9.17) is 9.47 Å². The van der Waals surface area contributed by atoms with Crippen molar-refractivity contribution in [2.24, 2.45) is 0 Å². The van der Waals surface area contributed by atoms with Gasteiger partial charge in [-0.25, -0.2) is 4.98 Å². The van der Waals surface area contributed by atoms with E-state index in [-0.39, 0.29) is 12.7 Å². The first-order valence-corrected chi connectivity index (χ1v) is 6.81. The fourth-order valence-electron chi connectivity index (χ4n) is 1.96. The Morgan fingerprint density at radius 3 is 3.05 bits per heavy atom. The van der Waals surface area contributed by atoms with Crippen LogP contribution in [0.25, 0.3) is 0 Å². The summed E-state index contributed by atoms with van der Waals surface area (Å²) >= 11 is 3.26.